The number of fused-ring (bicyclic) bond motifs is 3. The molecule has 7 rings (SSSR count). The van der Waals surface area contributed by atoms with E-state index in [0.29, 0.717) is 39.6 Å². The molecule has 50 heavy (non-hydrogen) atoms. The molecule has 0 spiro atoms. The van der Waals surface area contributed by atoms with Crippen molar-refractivity contribution < 1.29 is 43.2 Å². The Balaban J connectivity index is 1.51. The number of anilines is 1. The van der Waals surface area contributed by atoms with Crippen molar-refractivity contribution in [1.29, 1.82) is 0 Å². The fraction of sp³-hybridized carbons (Fsp3) is 0.324. The van der Waals surface area contributed by atoms with Crippen molar-refractivity contribution in [2.45, 2.75) is 37.8 Å². The monoisotopic (exact) mass is 723 g/mol. The molecule has 13 heteroatoms. The average Bonchev–Trinajstić information content (AvgIpc) is 3.11. The molecule has 2 atom stereocenters. The third-order valence-corrected chi connectivity index (χ3v) is 10.3. The molecule has 0 aliphatic carbocycles. The van der Waals surface area contributed by atoms with Gasteiger partial charge in [0.15, 0.2) is 11.5 Å². The Hall–Kier alpha value is -4.58. The molecule has 2 bridgehead atoms. The van der Waals surface area contributed by atoms with Crippen molar-refractivity contribution in [3.63, 3.8) is 0 Å². The van der Waals surface area contributed by atoms with Crippen LogP contribution < -0.4 is 24.2 Å². The Labute approximate surface area is 299 Å². The predicted molar refractivity (Wildman–Crippen MR) is 182 cm³/mol. The number of nitrogens with zero attached hydrogens (tertiary/aromatic N) is 3. The van der Waals surface area contributed by atoms with Crippen LogP contribution in [0.5, 0.6) is 11.5 Å². The normalized spacial score (nSPS) is 18.7. The van der Waals surface area contributed by atoms with E-state index < -0.39 is 23.8 Å². The van der Waals surface area contributed by atoms with Crippen LogP contribution in [0.4, 0.5) is 14.9 Å². The molecule has 262 valence electrons. The number of carboxylic acids is 1. The lowest BCUT2D eigenvalue weighted by Crippen LogP contribution is -2.53. The minimum Gasteiger partial charge on any atom is -0.545 e. The Morgan fingerprint density at radius 2 is 1.68 bits per heavy atom. The standard InChI is InChI=1S/C37H36Cl2FN3O7/c1-48-32-11-8-23(16-33(32)49-2)26(17-27-29(38)19-42(47)20-30(27)39)35-25(36(44)45)9-10-31(40)28(35)18-43(24-6-4-3-5-7-24)37(46)50-34-21-41-14-12-22(34)13-15-41/h3-11,16,19-20,22,26,34H,12-15,17-18,21H2,1-2H3,(H-,44,45,47)/t26-,34-/m0/s1. The summed E-state index contributed by atoms with van der Waals surface area (Å²) in [4.78, 5) is 30.5. The summed E-state index contributed by atoms with van der Waals surface area (Å²) in [6, 6.07) is 15.9. The number of para-hydroxylation sites is 1. The van der Waals surface area contributed by atoms with Gasteiger partial charge < -0.3 is 24.1 Å². The maximum absolute atomic E-state index is 16.4. The van der Waals surface area contributed by atoms with Gasteiger partial charge in [-0.25, -0.2) is 9.18 Å². The van der Waals surface area contributed by atoms with Gasteiger partial charge in [0.25, 0.3) is 0 Å². The average molecular weight is 725 g/mol. The number of benzene rings is 3. The number of methoxy groups -OCH3 is 2. The highest BCUT2D eigenvalue weighted by atomic mass is 35.5. The summed E-state index contributed by atoms with van der Waals surface area (Å²) in [5.41, 5.74) is 0.987. The van der Waals surface area contributed by atoms with Crippen molar-refractivity contribution in [3.8, 4) is 11.5 Å². The van der Waals surface area contributed by atoms with Gasteiger partial charge in [0, 0.05) is 39.6 Å². The second-order valence-corrected chi connectivity index (χ2v) is 13.3. The molecular weight excluding hydrogens is 688 g/mol. The number of amides is 1. The van der Waals surface area contributed by atoms with E-state index in [0.717, 1.165) is 38.1 Å². The molecule has 3 fully saturated rings. The van der Waals surface area contributed by atoms with Crippen LogP contribution in [0.15, 0.2) is 73.1 Å². The van der Waals surface area contributed by atoms with Gasteiger partial charge in [0.2, 0.25) is 12.4 Å². The number of hydrogen-bond donors (Lipinski definition) is 1. The van der Waals surface area contributed by atoms with Crippen LogP contribution in [0.1, 0.15) is 51.4 Å². The molecule has 4 aromatic rings. The first-order valence-electron chi connectivity index (χ1n) is 16.2. The van der Waals surface area contributed by atoms with Gasteiger partial charge in [-0.2, -0.15) is 0 Å². The first kappa shape index (κ1) is 35.3. The number of carbonyl (C=O) groups is 2. The summed E-state index contributed by atoms with van der Waals surface area (Å²) in [7, 11) is 2.94. The van der Waals surface area contributed by atoms with Gasteiger partial charge in [-0.15, -0.1) is 0 Å². The molecule has 10 nitrogen and oxygen atoms in total. The highest BCUT2D eigenvalue weighted by Gasteiger charge is 2.38. The van der Waals surface area contributed by atoms with E-state index in [1.807, 2.05) is 0 Å². The fourth-order valence-corrected chi connectivity index (χ4v) is 7.64. The number of hydrogen-bond acceptors (Lipinski definition) is 8. The van der Waals surface area contributed by atoms with Crippen molar-refractivity contribution in [1.82, 2.24) is 4.90 Å². The first-order chi connectivity index (χ1) is 24.1. The number of halogens is 3. The summed E-state index contributed by atoms with van der Waals surface area (Å²) >= 11 is 13.1. The quantitative estimate of drug-likeness (QED) is 0.156. The van der Waals surface area contributed by atoms with E-state index in [1.54, 1.807) is 48.5 Å². The van der Waals surface area contributed by atoms with Crippen LogP contribution in [0.25, 0.3) is 0 Å². The van der Waals surface area contributed by atoms with Crippen LogP contribution in [-0.2, 0) is 17.7 Å². The molecule has 3 aliphatic rings. The van der Waals surface area contributed by atoms with E-state index in [2.05, 4.69) is 4.90 Å². The van der Waals surface area contributed by atoms with Gasteiger partial charge in [0.1, 0.15) is 22.0 Å². The van der Waals surface area contributed by atoms with Crippen molar-refractivity contribution in [2.75, 3.05) is 38.8 Å². The maximum Gasteiger partial charge on any atom is 0.414 e. The van der Waals surface area contributed by atoms with E-state index in [4.69, 9.17) is 37.4 Å². The SMILES string of the molecule is COc1ccc([C@H](Cc2c(Cl)c[n+](O)cc2Cl)c2c(C(=O)[O-])ccc(F)c2CN(C(=O)O[C@H]2CN3CCC2CC3)c2ccccc2)cc1OC. The van der Waals surface area contributed by atoms with Crippen LogP contribution in [0.3, 0.4) is 0 Å². The molecule has 3 aliphatic heterocycles. The topological polar surface area (TPSA) is 115 Å². The zero-order chi connectivity index (χ0) is 35.5. The summed E-state index contributed by atoms with van der Waals surface area (Å²) in [5.74, 6) is -2.25. The van der Waals surface area contributed by atoms with E-state index in [1.165, 1.54) is 31.5 Å². The summed E-state index contributed by atoms with van der Waals surface area (Å²) < 4.78 is 34.2. The number of pyridine rings is 1. The highest BCUT2D eigenvalue weighted by Crippen LogP contribution is 2.41. The molecule has 0 saturated carbocycles. The number of carbonyl (C=O) groups excluding carboxylic acids is 2. The second kappa shape index (κ2) is 15.1. The Bertz CT molecular complexity index is 1870. The van der Waals surface area contributed by atoms with Gasteiger partial charge in [0.05, 0.1) is 26.7 Å². The summed E-state index contributed by atoms with van der Waals surface area (Å²) in [6.07, 6.45) is 3.27. The fourth-order valence-electron chi connectivity index (χ4n) is 7.03. The first-order valence-corrected chi connectivity index (χ1v) is 16.9. The predicted octanol–water partition coefficient (Wildman–Crippen LogP) is 5.65. The molecule has 1 amide bonds. The molecule has 1 aromatic heterocycles. The molecular formula is C37H36Cl2FN3O7. The largest absolute Gasteiger partial charge is 0.545 e. The van der Waals surface area contributed by atoms with Gasteiger partial charge in [-0.3, -0.25) is 15.0 Å². The van der Waals surface area contributed by atoms with Crippen LogP contribution >= 0.6 is 23.2 Å². The van der Waals surface area contributed by atoms with Gasteiger partial charge >= 0.3 is 6.09 Å². The number of aromatic carboxylic acids is 1. The zero-order valence-corrected chi connectivity index (χ0v) is 29.0. The molecule has 4 heterocycles. The number of ether oxygens (including phenoxy) is 3. The minimum atomic E-state index is -1.55. The third-order valence-electron chi connectivity index (χ3n) is 9.61. The van der Waals surface area contributed by atoms with E-state index in [9.17, 15) is 19.9 Å². The lowest BCUT2D eigenvalue weighted by molar-refractivity contribution is -0.904. The van der Waals surface area contributed by atoms with Crippen LogP contribution in [0, 0.1) is 11.7 Å². The zero-order valence-electron chi connectivity index (χ0n) is 27.5. The second-order valence-electron chi connectivity index (χ2n) is 12.4. The lowest BCUT2D eigenvalue weighted by atomic mass is 9.80. The summed E-state index contributed by atoms with van der Waals surface area (Å²) in [6.45, 7) is 2.16. The third kappa shape index (κ3) is 7.31. The number of piperidine rings is 3. The van der Waals surface area contributed by atoms with Gasteiger partial charge in [-0.05, 0) is 85.8 Å². The minimum absolute atomic E-state index is 0.0416. The van der Waals surface area contributed by atoms with Gasteiger partial charge in [-0.1, -0.05) is 47.5 Å². The highest BCUT2D eigenvalue weighted by molar-refractivity contribution is 6.35. The molecule has 3 saturated heterocycles. The Morgan fingerprint density at radius 3 is 2.28 bits per heavy atom. The maximum atomic E-state index is 16.4. The van der Waals surface area contributed by atoms with E-state index in [-0.39, 0.29) is 51.7 Å². The Kier molecular flexibility index (Phi) is 10.7. The van der Waals surface area contributed by atoms with Crippen molar-refractivity contribution >= 4 is 41.0 Å². The molecule has 1 N–H and O–H groups in total. The summed E-state index contributed by atoms with van der Waals surface area (Å²) in [5, 5.41) is 23.1. The van der Waals surface area contributed by atoms with Crippen LogP contribution in [0.2, 0.25) is 10.0 Å². The Morgan fingerprint density at radius 1 is 1.00 bits per heavy atom. The number of carboxylic acid groups (broad SMARTS) is 1. The van der Waals surface area contributed by atoms with E-state index >= 15 is 4.39 Å². The molecule has 0 radical (unpaired) electrons. The van der Waals surface area contributed by atoms with Crippen molar-refractivity contribution in [2.24, 2.45) is 5.92 Å². The number of aromatic nitrogens is 1. The molecule has 0 unspecified atom stereocenters. The smallest absolute Gasteiger partial charge is 0.414 e. The van der Waals surface area contributed by atoms with Crippen molar-refractivity contribution in [3.05, 3.63) is 117 Å². The molecule has 3 aromatic carbocycles. The number of rotatable bonds is 11. The lowest BCUT2D eigenvalue weighted by Gasteiger charge is -2.44. The van der Waals surface area contributed by atoms with Crippen LogP contribution in [-0.4, -0.2) is 62.1 Å².